The highest BCUT2D eigenvalue weighted by Crippen LogP contribution is 2.15. The van der Waals surface area contributed by atoms with Crippen LogP contribution < -0.4 is 10.6 Å². The van der Waals surface area contributed by atoms with Gasteiger partial charge >= 0.3 is 5.97 Å². The fraction of sp³-hybridized carbons (Fsp3) is 0.800. The normalized spacial score (nSPS) is 25.4. The van der Waals surface area contributed by atoms with Crippen molar-refractivity contribution in [1.29, 1.82) is 0 Å². The number of carbonyl (C=O) groups excluding carboxylic acids is 1. The zero-order chi connectivity index (χ0) is 12.3. The van der Waals surface area contributed by atoms with Crippen LogP contribution in [0.1, 0.15) is 13.8 Å². The Morgan fingerprint density at radius 1 is 1.38 bits per heavy atom. The van der Waals surface area contributed by atoms with E-state index < -0.39 is 23.5 Å². The second kappa shape index (κ2) is 4.80. The predicted octanol–water partition coefficient (Wildman–Crippen LogP) is -0.800. The van der Waals surface area contributed by atoms with E-state index in [0.717, 1.165) is 0 Å². The second-order valence-corrected chi connectivity index (χ2v) is 4.44. The lowest BCUT2D eigenvalue weighted by atomic mass is 10.0. The molecule has 1 fully saturated rings. The summed E-state index contributed by atoms with van der Waals surface area (Å²) in [4.78, 5) is 22.7. The fourth-order valence-corrected chi connectivity index (χ4v) is 1.40. The summed E-state index contributed by atoms with van der Waals surface area (Å²) in [5.74, 6) is -1.82. The molecule has 6 heteroatoms. The third-order valence-corrected chi connectivity index (χ3v) is 2.91. The van der Waals surface area contributed by atoms with E-state index in [1.807, 2.05) is 0 Å². The van der Waals surface area contributed by atoms with Crippen LogP contribution in [0.2, 0.25) is 0 Å². The lowest BCUT2D eigenvalue weighted by Crippen LogP contribution is -2.55. The molecule has 1 aliphatic heterocycles. The van der Waals surface area contributed by atoms with Gasteiger partial charge in [0.15, 0.2) is 0 Å². The van der Waals surface area contributed by atoms with Gasteiger partial charge in [0.1, 0.15) is 5.92 Å². The summed E-state index contributed by atoms with van der Waals surface area (Å²) in [5.41, 5.74) is -0.717. The van der Waals surface area contributed by atoms with E-state index in [-0.39, 0.29) is 19.1 Å². The number of amides is 1. The van der Waals surface area contributed by atoms with Gasteiger partial charge in [0.05, 0.1) is 24.8 Å². The zero-order valence-corrected chi connectivity index (χ0v) is 9.74. The molecule has 92 valence electrons. The fourth-order valence-electron chi connectivity index (χ4n) is 1.40. The van der Waals surface area contributed by atoms with Crippen LogP contribution in [0.25, 0.3) is 0 Å². The van der Waals surface area contributed by atoms with Crippen molar-refractivity contribution in [2.24, 2.45) is 5.92 Å². The Bertz CT molecular complexity index is 291. The summed E-state index contributed by atoms with van der Waals surface area (Å²) >= 11 is 0. The molecule has 6 nitrogen and oxygen atoms in total. The number of rotatable bonds is 4. The van der Waals surface area contributed by atoms with Crippen molar-refractivity contribution in [1.82, 2.24) is 10.6 Å². The maximum atomic E-state index is 11.8. The van der Waals surface area contributed by atoms with Crippen molar-refractivity contribution in [3.8, 4) is 0 Å². The lowest BCUT2D eigenvalue weighted by molar-refractivity contribution is -0.142. The first kappa shape index (κ1) is 12.9. The van der Waals surface area contributed by atoms with Crippen LogP contribution in [-0.2, 0) is 14.3 Å². The average Bonchev–Trinajstić information content (AvgIpc) is 2.65. The highest BCUT2D eigenvalue weighted by molar-refractivity contribution is 5.86. The van der Waals surface area contributed by atoms with Crippen LogP contribution >= 0.6 is 0 Å². The van der Waals surface area contributed by atoms with Crippen LogP contribution in [0.5, 0.6) is 0 Å². The van der Waals surface area contributed by atoms with Crippen LogP contribution in [0.3, 0.4) is 0 Å². The molecule has 2 atom stereocenters. The Morgan fingerprint density at radius 2 is 2.00 bits per heavy atom. The Kier molecular flexibility index (Phi) is 3.88. The molecular weight excluding hydrogens is 212 g/mol. The number of likely N-dealkylation sites (N-methyl/N-ethyl adjacent to an activating group) is 1. The first-order chi connectivity index (χ1) is 7.38. The Morgan fingerprint density at radius 3 is 2.50 bits per heavy atom. The van der Waals surface area contributed by atoms with Crippen LogP contribution in [0, 0.1) is 5.92 Å². The number of nitrogens with one attached hydrogen (secondary N) is 2. The highest BCUT2D eigenvalue weighted by atomic mass is 16.5. The topological polar surface area (TPSA) is 87.7 Å². The van der Waals surface area contributed by atoms with Crippen LogP contribution in [0.4, 0.5) is 0 Å². The van der Waals surface area contributed by atoms with E-state index in [1.54, 1.807) is 20.9 Å². The molecule has 0 aromatic rings. The Labute approximate surface area is 94.3 Å². The van der Waals surface area contributed by atoms with E-state index in [2.05, 4.69) is 10.6 Å². The van der Waals surface area contributed by atoms with Gasteiger partial charge in [-0.1, -0.05) is 0 Å². The summed E-state index contributed by atoms with van der Waals surface area (Å²) in [6.07, 6.45) is 0. The maximum Gasteiger partial charge on any atom is 0.311 e. The van der Waals surface area contributed by atoms with E-state index >= 15 is 0 Å². The molecular formula is C10H18N2O4. The van der Waals surface area contributed by atoms with Gasteiger partial charge in [-0.3, -0.25) is 9.59 Å². The molecule has 1 amide bonds. The molecule has 16 heavy (non-hydrogen) atoms. The summed E-state index contributed by atoms with van der Waals surface area (Å²) in [6, 6.07) is -0.447. The smallest absolute Gasteiger partial charge is 0.311 e. The van der Waals surface area contributed by atoms with Crippen molar-refractivity contribution in [3.63, 3.8) is 0 Å². The summed E-state index contributed by atoms with van der Waals surface area (Å²) in [7, 11) is 1.68. The van der Waals surface area contributed by atoms with Gasteiger partial charge in [0.2, 0.25) is 5.91 Å². The minimum atomic E-state index is -0.940. The number of hydrogen-bond donors (Lipinski definition) is 3. The van der Waals surface area contributed by atoms with Gasteiger partial charge in [0, 0.05) is 0 Å². The second-order valence-electron chi connectivity index (χ2n) is 4.44. The first-order valence-electron chi connectivity index (χ1n) is 5.19. The largest absolute Gasteiger partial charge is 0.481 e. The van der Waals surface area contributed by atoms with Gasteiger partial charge in [-0.15, -0.1) is 0 Å². The van der Waals surface area contributed by atoms with Crippen LogP contribution in [-0.4, -0.2) is 48.8 Å². The van der Waals surface area contributed by atoms with Crippen molar-refractivity contribution in [2.45, 2.75) is 25.4 Å². The van der Waals surface area contributed by atoms with Gasteiger partial charge in [-0.2, -0.15) is 0 Å². The zero-order valence-electron chi connectivity index (χ0n) is 9.74. The molecule has 1 heterocycles. The quantitative estimate of drug-likeness (QED) is 0.588. The third-order valence-electron chi connectivity index (χ3n) is 2.91. The molecule has 0 aromatic heterocycles. The van der Waals surface area contributed by atoms with E-state index in [4.69, 9.17) is 9.84 Å². The predicted molar refractivity (Wildman–Crippen MR) is 57.0 cm³/mol. The number of carboxylic acid groups (broad SMARTS) is 1. The molecule has 0 radical (unpaired) electrons. The van der Waals surface area contributed by atoms with Crippen LogP contribution in [0.15, 0.2) is 0 Å². The molecule has 3 N–H and O–H groups in total. The first-order valence-corrected chi connectivity index (χ1v) is 5.19. The van der Waals surface area contributed by atoms with Gasteiger partial charge in [0.25, 0.3) is 0 Å². The molecule has 2 unspecified atom stereocenters. The highest BCUT2D eigenvalue weighted by Gasteiger charge is 2.37. The number of hydrogen-bond acceptors (Lipinski definition) is 4. The molecule has 1 rings (SSSR count). The number of aliphatic carboxylic acids is 1. The number of carboxylic acids is 1. The monoisotopic (exact) mass is 230 g/mol. The Hall–Kier alpha value is -1.14. The SMILES string of the molecule is CNC(C)(C)C(=O)NC1COCC1C(=O)O. The van der Waals surface area contributed by atoms with Crippen molar-refractivity contribution >= 4 is 11.9 Å². The summed E-state index contributed by atoms with van der Waals surface area (Å²) in [6.45, 7) is 3.87. The third kappa shape index (κ3) is 2.70. The number of carbonyl (C=O) groups is 2. The van der Waals surface area contributed by atoms with Crippen molar-refractivity contribution < 1.29 is 19.4 Å². The van der Waals surface area contributed by atoms with Gasteiger partial charge in [-0.25, -0.2) is 0 Å². The molecule has 1 saturated heterocycles. The maximum absolute atomic E-state index is 11.8. The summed E-state index contributed by atoms with van der Waals surface area (Å²) < 4.78 is 5.06. The van der Waals surface area contributed by atoms with E-state index in [9.17, 15) is 9.59 Å². The minimum absolute atomic E-state index is 0.153. The molecule has 0 spiro atoms. The average molecular weight is 230 g/mol. The van der Waals surface area contributed by atoms with E-state index in [1.165, 1.54) is 0 Å². The number of ether oxygens (including phenoxy) is 1. The van der Waals surface area contributed by atoms with Gasteiger partial charge in [-0.05, 0) is 20.9 Å². The molecule has 0 aliphatic carbocycles. The van der Waals surface area contributed by atoms with E-state index in [0.29, 0.717) is 0 Å². The molecule has 0 bridgehead atoms. The molecule has 0 saturated carbocycles. The van der Waals surface area contributed by atoms with Crippen molar-refractivity contribution in [2.75, 3.05) is 20.3 Å². The standard InChI is InChI=1S/C10H18N2O4/c1-10(2,11-3)9(15)12-7-5-16-4-6(7)8(13)14/h6-7,11H,4-5H2,1-3H3,(H,12,15)(H,13,14). The minimum Gasteiger partial charge on any atom is -0.481 e. The van der Waals surface area contributed by atoms with Crippen molar-refractivity contribution in [3.05, 3.63) is 0 Å². The Balaban J connectivity index is 2.60. The lowest BCUT2D eigenvalue weighted by Gasteiger charge is -2.26. The molecule has 0 aromatic carbocycles. The molecule has 1 aliphatic rings. The summed E-state index contributed by atoms with van der Waals surface area (Å²) in [5, 5.41) is 14.5. The van der Waals surface area contributed by atoms with Gasteiger partial charge < -0.3 is 20.5 Å².